The molecule has 6 heteroatoms. The fourth-order valence-electron chi connectivity index (χ4n) is 1.13. The summed E-state index contributed by atoms with van der Waals surface area (Å²) in [6, 6.07) is 5.13. The summed E-state index contributed by atoms with van der Waals surface area (Å²) in [7, 11) is -3.44. The number of nitrogens with one attached hydrogen (secondary N) is 1. The topological polar surface area (TPSA) is 72.2 Å². The number of nitrogens with two attached hydrogens (primary N) is 1. The summed E-state index contributed by atoms with van der Waals surface area (Å²) < 4.78 is 26.7. The van der Waals surface area contributed by atoms with Crippen LogP contribution in [0.5, 0.6) is 0 Å². The monoisotopic (exact) mass is 292 g/mol. The quantitative estimate of drug-likeness (QED) is 0.869. The Labute approximate surface area is 98.0 Å². The Morgan fingerprint density at radius 3 is 2.73 bits per heavy atom. The van der Waals surface area contributed by atoms with E-state index in [2.05, 4.69) is 20.7 Å². The molecule has 0 radical (unpaired) electrons. The fraction of sp³-hybridized carbons (Fsp3) is 0.333. The van der Waals surface area contributed by atoms with Crippen molar-refractivity contribution in [2.75, 3.05) is 13.1 Å². The van der Waals surface area contributed by atoms with E-state index in [1.54, 1.807) is 25.1 Å². The maximum absolute atomic E-state index is 11.8. The Morgan fingerprint density at radius 1 is 1.47 bits per heavy atom. The average Bonchev–Trinajstić information content (AvgIpc) is 2.18. The summed E-state index contributed by atoms with van der Waals surface area (Å²) in [5.74, 6) is 0. The minimum atomic E-state index is -3.44. The van der Waals surface area contributed by atoms with Crippen LogP contribution in [-0.2, 0) is 10.0 Å². The molecule has 0 aliphatic heterocycles. The average molecular weight is 293 g/mol. The van der Waals surface area contributed by atoms with Crippen LogP contribution in [0.25, 0.3) is 0 Å². The second-order valence-corrected chi connectivity index (χ2v) is 5.75. The number of aryl methyl sites for hydroxylation is 1. The molecule has 0 aromatic heterocycles. The maximum atomic E-state index is 11.8. The number of sulfonamides is 1. The second-order valence-electron chi connectivity index (χ2n) is 3.10. The molecule has 0 fully saturated rings. The molecule has 0 saturated heterocycles. The molecular weight excluding hydrogens is 280 g/mol. The highest BCUT2D eigenvalue weighted by Gasteiger charge is 2.15. The van der Waals surface area contributed by atoms with Crippen LogP contribution in [0.15, 0.2) is 27.6 Å². The molecule has 0 spiro atoms. The van der Waals surface area contributed by atoms with Gasteiger partial charge in [-0.05, 0) is 24.6 Å². The van der Waals surface area contributed by atoms with Crippen LogP contribution in [0, 0.1) is 6.92 Å². The van der Waals surface area contributed by atoms with Crippen LogP contribution in [0.2, 0.25) is 0 Å². The summed E-state index contributed by atoms with van der Waals surface area (Å²) in [4.78, 5) is 0.283. The number of benzene rings is 1. The Bertz CT molecular complexity index is 445. The van der Waals surface area contributed by atoms with E-state index in [1.807, 2.05) is 0 Å². The molecule has 1 aromatic rings. The molecule has 1 aromatic carbocycles. The smallest absolute Gasteiger partial charge is 0.240 e. The van der Waals surface area contributed by atoms with E-state index in [4.69, 9.17) is 5.73 Å². The molecule has 84 valence electrons. The minimum Gasteiger partial charge on any atom is -0.329 e. The molecule has 0 unspecified atom stereocenters. The summed E-state index contributed by atoms with van der Waals surface area (Å²) in [5.41, 5.74) is 5.96. The van der Waals surface area contributed by atoms with Crippen LogP contribution in [-0.4, -0.2) is 21.5 Å². The minimum absolute atomic E-state index is 0.244. The highest BCUT2D eigenvalue weighted by Crippen LogP contribution is 2.20. The summed E-state index contributed by atoms with van der Waals surface area (Å²) in [5, 5.41) is 0. The van der Waals surface area contributed by atoms with Gasteiger partial charge in [0.05, 0.1) is 4.90 Å². The van der Waals surface area contributed by atoms with Crippen molar-refractivity contribution in [3.8, 4) is 0 Å². The van der Waals surface area contributed by atoms with Crippen LogP contribution in [0.3, 0.4) is 0 Å². The fourth-order valence-corrected chi connectivity index (χ4v) is 2.96. The van der Waals surface area contributed by atoms with Crippen molar-refractivity contribution in [2.24, 2.45) is 5.73 Å². The molecular formula is C9H13BrN2O2S. The summed E-state index contributed by atoms with van der Waals surface area (Å²) >= 11 is 3.24. The largest absolute Gasteiger partial charge is 0.329 e. The lowest BCUT2D eigenvalue weighted by molar-refractivity contribution is 0.581. The van der Waals surface area contributed by atoms with E-state index < -0.39 is 10.0 Å². The number of hydrogen-bond donors (Lipinski definition) is 2. The van der Waals surface area contributed by atoms with Crippen molar-refractivity contribution in [3.63, 3.8) is 0 Å². The Balaban J connectivity index is 3.09. The Morgan fingerprint density at radius 2 is 2.13 bits per heavy atom. The molecule has 3 N–H and O–H groups in total. The number of hydrogen-bond acceptors (Lipinski definition) is 3. The molecule has 4 nitrogen and oxygen atoms in total. The van der Waals surface area contributed by atoms with Crippen molar-refractivity contribution in [1.82, 2.24) is 4.72 Å². The lowest BCUT2D eigenvalue weighted by Crippen LogP contribution is -2.29. The van der Waals surface area contributed by atoms with E-state index in [0.29, 0.717) is 5.56 Å². The lowest BCUT2D eigenvalue weighted by atomic mass is 10.2. The number of halogens is 1. The van der Waals surface area contributed by atoms with Gasteiger partial charge in [0.15, 0.2) is 0 Å². The van der Waals surface area contributed by atoms with E-state index in [9.17, 15) is 8.42 Å². The van der Waals surface area contributed by atoms with Gasteiger partial charge in [0.2, 0.25) is 10.0 Å². The zero-order chi connectivity index (χ0) is 11.5. The highest BCUT2D eigenvalue weighted by molar-refractivity contribution is 9.10. The van der Waals surface area contributed by atoms with Gasteiger partial charge in [-0.1, -0.05) is 22.0 Å². The van der Waals surface area contributed by atoms with Crippen LogP contribution < -0.4 is 10.5 Å². The molecule has 0 aliphatic carbocycles. The van der Waals surface area contributed by atoms with Gasteiger partial charge in [-0.15, -0.1) is 0 Å². The Hall–Kier alpha value is -0.430. The van der Waals surface area contributed by atoms with Gasteiger partial charge in [0.25, 0.3) is 0 Å². The third kappa shape index (κ3) is 3.27. The summed E-state index contributed by atoms with van der Waals surface area (Å²) in [6.07, 6.45) is 0. The van der Waals surface area contributed by atoms with Crippen LogP contribution in [0.1, 0.15) is 5.56 Å². The van der Waals surface area contributed by atoms with Crippen molar-refractivity contribution in [3.05, 3.63) is 28.2 Å². The first-order valence-electron chi connectivity index (χ1n) is 4.43. The van der Waals surface area contributed by atoms with Gasteiger partial charge in [-0.3, -0.25) is 0 Å². The molecule has 0 atom stereocenters. The second kappa shape index (κ2) is 5.07. The predicted octanol–water partition coefficient (Wildman–Crippen LogP) is 0.995. The lowest BCUT2D eigenvalue weighted by Gasteiger charge is -2.08. The molecule has 0 bridgehead atoms. The van der Waals surface area contributed by atoms with E-state index in [-0.39, 0.29) is 18.0 Å². The van der Waals surface area contributed by atoms with E-state index >= 15 is 0 Å². The van der Waals surface area contributed by atoms with Crippen molar-refractivity contribution < 1.29 is 8.42 Å². The van der Waals surface area contributed by atoms with Gasteiger partial charge < -0.3 is 5.73 Å². The van der Waals surface area contributed by atoms with Gasteiger partial charge in [0, 0.05) is 17.6 Å². The first-order chi connectivity index (χ1) is 6.97. The normalized spacial score (nSPS) is 11.7. The third-order valence-electron chi connectivity index (χ3n) is 1.88. The molecule has 1 rings (SSSR count). The van der Waals surface area contributed by atoms with Gasteiger partial charge in [0.1, 0.15) is 0 Å². The molecule has 0 aliphatic rings. The van der Waals surface area contributed by atoms with Crippen molar-refractivity contribution in [2.45, 2.75) is 11.8 Å². The molecule has 0 amide bonds. The highest BCUT2D eigenvalue weighted by atomic mass is 79.9. The van der Waals surface area contributed by atoms with Crippen molar-refractivity contribution in [1.29, 1.82) is 0 Å². The van der Waals surface area contributed by atoms with E-state index in [0.717, 1.165) is 4.47 Å². The van der Waals surface area contributed by atoms with Crippen LogP contribution in [0.4, 0.5) is 0 Å². The SMILES string of the molecule is Cc1ccc(Br)cc1S(=O)(=O)NCCN. The van der Waals surface area contributed by atoms with Crippen LogP contribution >= 0.6 is 15.9 Å². The van der Waals surface area contributed by atoms with E-state index in [1.165, 1.54) is 0 Å². The van der Waals surface area contributed by atoms with Gasteiger partial charge >= 0.3 is 0 Å². The zero-order valence-corrected chi connectivity index (χ0v) is 10.7. The van der Waals surface area contributed by atoms with Crippen molar-refractivity contribution >= 4 is 26.0 Å². The predicted molar refractivity (Wildman–Crippen MR) is 63.1 cm³/mol. The third-order valence-corrected chi connectivity index (χ3v) is 3.97. The standard InChI is InChI=1S/C9H13BrN2O2S/c1-7-2-3-8(10)6-9(7)15(13,14)12-5-4-11/h2-3,6,12H,4-5,11H2,1H3. The number of rotatable bonds is 4. The maximum Gasteiger partial charge on any atom is 0.240 e. The first kappa shape index (κ1) is 12.6. The molecule has 0 saturated carbocycles. The molecule has 15 heavy (non-hydrogen) atoms. The molecule has 0 heterocycles. The first-order valence-corrected chi connectivity index (χ1v) is 6.71. The van der Waals surface area contributed by atoms with Gasteiger partial charge in [-0.25, -0.2) is 13.1 Å². The zero-order valence-electron chi connectivity index (χ0n) is 8.33. The Kier molecular flexibility index (Phi) is 4.27. The summed E-state index contributed by atoms with van der Waals surface area (Å²) in [6.45, 7) is 2.28. The van der Waals surface area contributed by atoms with Gasteiger partial charge in [-0.2, -0.15) is 0 Å².